The van der Waals surface area contributed by atoms with E-state index in [1.54, 1.807) is 6.92 Å². The molecule has 4 nitrogen and oxygen atoms in total. The average molecular weight is 292 g/mol. The molecule has 1 amide bonds. The molecule has 0 radical (unpaired) electrons. The average Bonchev–Trinajstić information content (AvgIpc) is 2.28. The molecule has 0 bridgehead atoms. The fourth-order valence-corrected chi connectivity index (χ4v) is 1.37. The van der Waals surface area contributed by atoms with Crippen molar-refractivity contribution in [2.24, 2.45) is 0 Å². The number of alkyl halides is 3. The Hall–Kier alpha value is -1.83. The van der Waals surface area contributed by atoms with Crippen molar-refractivity contribution in [2.75, 3.05) is 11.9 Å². The first-order chi connectivity index (χ1) is 8.82. The zero-order valence-corrected chi connectivity index (χ0v) is 10.7. The van der Waals surface area contributed by atoms with Crippen LogP contribution < -0.4 is 10.6 Å². The number of anilines is 1. The molecule has 0 spiro atoms. The number of carbonyl (C=O) groups excluding carboxylic acids is 1. The van der Waals surface area contributed by atoms with E-state index in [9.17, 15) is 18.0 Å². The molecule has 8 heteroatoms. The van der Waals surface area contributed by atoms with E-state index >= 15 is 0 Å². The van der Waals surface area contributed by atoms with Gasteiger partial charge in [0.05, 0.1) is 12.2 Å². The Kier molecular flexibility index (Phi) is 5.11. The van der Waals surface area contributed by atoms with Gasteiger partial charge in [0.15, 0.2) is 5.11 Å². The van der Waals surface area contributed by atoms with Gasteiger partial charge in [0.2, 0.25) is 0 Å². The maximum Gasteiger partial charge on any atom is 0.416 e. The van der Waals surface area contributed by atoms with Gasteiger partial charge < -0.3 is 10.1 Å². The van der Waals surface area contributed by atoms with Crippen LogP contribution in [0.2, 0.25) is 0 Å². The Bertz CT molecular complexity index is 460. The second-order valence-electron chi connectivity index (χ2n) is 3.37. The van der Waals surface area contributed by atoms with Gasteiger partial charge in [-0.05, 0) is 43.4 Å². The third kappa shape index (κ3) is 5.12. The lowest BCUT2D eigenvalue weighted by Crippen LogP contribution is -2.34. The van der Waals surface area contributed by atoms with Gasteiger partial charge in [-0.25, -0.2) is 4.79 Å². The summed E-state index contributed by atoms with van der Waals surface area (Å²) in [6.45, 7) is 1.82. The first-order valence-corrected chi connectivity index (χ1v) is 5.65. The number of hydrogen-bond donors (Lipinski definition) is 2. The molecule has 1 aromatic carbocycles. The van der Waals surface area contributed by atoms with Gasteiger partial charge in [0.1, 0.15) is 0 Å². The predicted molar refractivity (Wildman–Crippen MR) is 67.8 cm³/mol. The maximum absolute atomic E-state index is 12.3. The molecule has 0 aliphatic carbocycles. The SMILES string of the molecule is CCOC(=O)NC(=S)Nc1ccc(C(F)(F)F)cc1. The van der Waals surface area contributed by atoms with Gasteiger partial charge in [-0.1, -0.05) is 0 Å². The van der Waals surface area contributed by atoms with Crippen LogP contribution in [0.4, 0.5) is 23.7 Å². The lowest BCUT2D eigenvalue weighted by Gasteiger charge is -2.10. The zero-order valence-electron chi connectivity index (χ0n) is 9.88. The number of alkyl carbamates (subject to hydrolysis) is 1. The van der Waals surface area contributed by atoms with Gasteiger partial charge >= 0.3 is 12.3 Å². The predicted octanol–water partition coefficient (Wildman–Crippen LogP) is 3.15. The summed E-state index contributed by atoms with van der Waals surface area (Å²) >= 11 is 4.79. The summed E-state index contributed by atoms with van der Waals surface area (Å²) in [5.41, 5.74) is -0.433. The number of hydrogen-bond acceptors (Lipinski definition) is 3. The fourth-order valence-electron chi connectivity index (χ4n) is 1.16. The molecule has 2 N–H and O–H groups in total. The lowest BCUT2D eigenvalue weighted by atomic mass is 10.2. The number of thiocarbonyl (C=S) groups is 1. The second-order valence-corrected chi connectivity index (χ2v) is 3.78. The molecule has 0 saturated heterocycles. The van der Waals surface area contributed by atoms with E-state index in [0.717, 1.165) is 12.1 Å². The summed E-state index contributed by atoms with van der Waals surface area (Å²) in [7, 11) is 0. The Balaban J connectivity index is 2.58. The van der Waals surface area contributed by atoms with E-state index in [-0.39, 0.29) is 11.7 Å². The molecule has 0 atom stereocenters. The van der Waals surface area contributed by atoms with Gasteiger partial charge in [-0.15, -0.1) is 0 Å². The van der Waals surface area contributed by atoms with Crippen LogP contribution >= 0.6 is 12.2 Å². The highest BCUT2D eigenvalue weighted by atomic mass is 32.1. The molecule has 0 aromatic heterocycles. The highest BCUT2D eigenvalue weighted by molar-refractivity contribution is 7.80. The molecule has 19 heavy (non-hydrogen) atoms. The Morgan fingerprint density at radius 1 is 1.32 bits per heavy atom. The number of benzene rings is 1. The molecule has 0 aliphatic rings. The molecule has 1 aromatic rings. The highest BCUT2D eigenvalue weighted by Crippen LogP contribution is 2.29. The third-order valence-electron chi connectivity index (χ3n) is 1.96. The van der Waals surface area contributed by atoms with E-state index in [4.69, 9.17) is 12.2 Å². The molecule has 0 saturated carbocycles. The van der Waals surface area contributed by atoms with Crippen LogP contribution in [0.1, 0.15) is 12.5 Å². The quantitative estimate of drug-likeness (QED) is 0.822. The molecule has 0 heterocycles. The van der Waals surface area contributed by atoms with Gasteiger partial charge in [0, 0.05) is 5.69 Å². The van der Waals surface area contributed by atoms with Crippen molar-refractivity contribution < 1.29 is 22.7 Å². The van der Waals surface area contributed by atoms with E-state index in [1.807, 2.05) is 0 Å². The van der Waals surface area contributed by atoms with E-state index < -0.39 is 17.8 Å². The summed E-state index contributed by atoms with van der Waals surface area (Å²) in [6.07, 6.45) is -5.12. The smallest absolute Gasteiger partial charge is 0.416 e. The minimum atomic E-state index is -4.39. The van der Waals surface area contributed by atoms with Gasteiger partial charge in [0.25, 0.3) is 0 Å². The maximum atomic E-state index is 12.3. The lowest BCUT2D eigenvalue weighted by molar-refractivity contribution is -0.137. The van der Waals surface area contributed by atoms with Crippen LogP contribution in [0.15, 0.2) is 24.3 Å². The summed E-state index contributed by atoms with van der Waals surface area (Å²) in [6, 6.07) is 4.24. The Labute approximate surface area is 112 Å². The number of nitrogens with one attached hydrogen (secondary N) is 2. The van der Waals surface area contributed by atoms with Gasteiger partial charge in [-0.2, -0.15) is 13.2 Å². The Morgan fingerprint density at radius 3 is 2.37 bits per heavy atom. The summed E-state index contributed by atoms with van der Waals surface area (Å²) in [4.78, 5) is 11.0. The van der Waals surface area contributed by atoms with Crippen molar-refractivity contribution in [1.82, 2.24) is 5.32 Å². The van der Waals surface area contributed by atoms with Crippen LogP contribution in [0.3, 0.4) is 0 Å². The number of amides is 1. The normalized spacial score (nSPS) is 10.7. The van der Waals surface area contributed by atoms with Crippen molar-refractivity contribution in [3.05, 3.63) is 29.8 Å². The summed E-state index contributed by atoms with van der Waals surface area (Å²) in [5, 5.41) is 4.72. The zero-order chi connectivity index (χ0) is 14.5. The third-order valence-corrected chi connectivity index (χ3v) is 2.17. The molecule has 104 valence electrons. The van der Waals surface area contributed by atoms with E-state index in [2.05, 4.69) is 15.4 Å². The van der Waals surface area contributed by atoms with Crippen LogP contribution in [-0.2, 0) is 10.9 Å². The number of halogens is 3. The Morgan fingerprint density at radius 2 is 1.89 bits per heavy atom. The minimum Gasteiger partial charge on any atom is -0.450 e. The number of carbonyl (C=O) groups is 1. The van der Waals surface area contributed by atoms with Crippen molar-refractivity contribution in [2.45, 2.75) is 13.1 Å². The fraction of sp³-hybridized carbons (Fsp3) is 0.273. The second kappa shape index (κ2) is 6.37. The van der Waals surface area contributed by atoms with Crippen LogP contribution in [0.25, 0.3) is 0 Å². The van der Waals surface area contributed by atoms with Gasteiger partial charge in [-0.3, -0.25) is 5.32 Å². The molecular formula is C11H11F3N2O2S. The van der Waals surface area contributed by atoms with Crippen molar-refractivity contribution in [3.8, 4) is 0 Å². The molecule has 0 fully saturated rings. The van der Waals surface area contributed by atoms with Crippen LogP contribution in [0.5, 0.6) is 0 Å². The minimum absolute atomic E-state index is 0.0572. The molecule has 1 rings (SSSR count). The van der Waals surface area contributed by atoms with Crippen LogP contribution in [0, 0.1) is 0 Å². The van der Waals surface area contributed by atoms with E-state index in [0.29, 0.717) is 5.69 Å². The van der Waals surface area contributed by atoms with Crippen molar-refractivity contribution in [1.29, 1.82) is 0 Å². The number of rotatable bonds is 2. The summed E-state index contributed by atoms with van der Waals surface area (Å²) in [5.74, 6) is 0. The van der Waals surface area contributed by atoms with Crippen molar-refractivity contribution >= 4 is 29.1 Å². The molecule has 0 aliphatic heterocycles. The first kappa shape index (κ1) is 15.2. The monoisotopic (exact) mass is 292 g/mol. The largest absolute Gasteiger partial charge is 0.450 e. The first-order valence-electron chi connectivity index (χ1n) is 5.25. The number of ether oxygens (including phenoxy) is 1. The summed E-state index contributed by atoms with van der Waals surface area (Å²) < 4.78 is 41.5. The highest BCUT2D eigenvalue weighted by Gasteiger charge is 2.29. The standard InChI is InChI=1S/C11H11F3N2O2S/c1-2-18-10(17)16-9(19)15-8-5-3-7(4-6-8)11(12,13)14/h3-6H,2H2,1H3,(H2,15,16,17,19). The van der Waals surface area contributed by atoms with Crippen LogP contribution in [-0.4, -0.2) is 17.8 Å². The molecular weight excluding hydrogens is 281 g/mol. The topological polar surface area (TPSA) is 50.4 Å². The molecule has 0 unspecified atom stereocenters. The van der Waals surface area contributed by atoms with E-state index in [1.165, 1.54) is 12.1 Å². The van der Waals surface area contributed by atoms with Crippen molar-refractivity contribution in [3.63, 3.8) is 0 Å².